The Kier molecular flexibility index (Phi) is 9.54. The second-order valence-electron chi connectivity index (χ2n) is 7.08. The molecule has 1 fully saturated rings. The first kappa shape index (κ1) is 22.5. The first-order chi connectivity index (χ1) is 13.3. The van der Waals surface area contributed by atoms with Gasteiger partial charge in [-0.1, -0.05) is 18.2 Å². The van der Waals surface area contributed by atoms with Crippen LogP contribution in [-0.4, -0.2) is 43.2 Å². The molecule has 3 rings (SSSR count). The summed E-state index contributed by atoms with van der Waals surface area (Å²) in [5, 5.41) is 7.04. The highest BCUT2D eigenvalue weighted by Crippen LogP contribution is 2.19. The van der Waals surface area contributed by atoms with Crippen molar-refractivity contribution >= 4 is 35.6 Å². The summed E-state index contributed by atoms with van der Waals surface area (Å²) in [4.78, 5) is 11.4. The number of halogens is 1. The van der Waals surface area contributed by atoms with Crippen LogP contribution in [0.1, 0.15) is 30.9 Å². The van der Waals surface area contributed by atoms with Crippen LogP contribution in [-0.2, 0) is 6.42 Å². The number of piperidine rings is 1. The van der Waals surface area contributed by atoms with Crippen LogP contribution in [0.25, 0.3) is 0 Å². The van der Waals surface area contributed by atoms with Gasteiger partial charge < -0.3 is 15.5 Å². The van der Waals surface area contributed by atoms with Crippen molar-refractivity contribution in [1.82, 2.24) is 15.6 Å². The molecule has 1 aliphatic rings. The number of aromatic nitrogens is 1. The molecule has 1 atom stereocenters. The van der Waals surface area contributed by atoms with Crippen LogP contribution < -0.4 is 15.5 Å². The second-order valence-corrected chi connectivity index (χ2v) is 7.08. The maximum Gasteiger partial charge on any atom is 0.191 e. The molecule has 1 aliphatic heterocycles. The zero-order valence-corrected chi connectivity index (χ0v) is 19.2. The maximum atomic E-state index is 4.80. The van der Waals surface area contributed by atoms with Gasteiger partial charge in [0.2, 0.25) is 0 Å². The average molecular weight is 493 g/mol. The van der Waals surface area contributed by atoms with Crippen LogP contribution in [0.5, 0.6) is 0 Å². The number of pyridine rings is 1. The van der Waals surface area contributed by atoms with E-state index < -0.39 is 0 Å². The summed E-state index contributed by atoms with van der Waals surface area (Å²) >= 11 is 0. The highest BCUT2D eigenvalue weighted by Gasteiger charge is 2.20. The molecule has 2 aromatic rings. The topological polar surface area (TPSA) is 52.6 Å². The molecule has 1 aromatic heterocycles. The molecule has 6 heteroatoms. The molecule has 0 saturated carbocycles. The lowest BCUT2D eigenvalue weighted by molar-refractivity contribution is 0.468. The van der Waals surface area contributed by atoms with Crippen LogP contribution in [0.2, 0.25) is 0 Å². The van der Waals surface area contributed by atoms with Crippen molar-refractivity contribution in [2.75, 3.05) is 31.1 Å². The van der Waals surface area contributed by atoms with Gasteiger partial charge in [0.25, 0.3) is 0 Å². The molecule has 2 heterocycles. The largest absolute Gasteiger partial charge is 0.369 e. The molecule has 5 nitrogen and oxygen atoms in total. The van der Waals surface area contributed by atoms with E-state index in [1.165, 1.54) is 29.7 Å². The lowest BCUT2D eigenvalue weighted by Gasteiger charge is -2.35. The van der Waals surface area contributed by atoms with E-state index >= 15 is 0 Å². The average Bonchev–Trinajstić information content (AvgIpc) is 2.70. The van der Waals surface area contributed by atoms with Gasteiger partial charge in [0.05, 0.1) is 0 Å². The fourth-order valence-corrected chi connectivity index (χ4v) is 3.55. The smallest absolute Gasteiger partial charge is 0.191 e. The van der Waals surface area contributed by atoms with Crippen molar-refractivity contribution in [1.29, 1.82) is 0 Å². The number of guanidine groups is 1. The summed E-state index contributed by atoms with van der Waals surface area (Å²) in [5.74, 6) is 0.920. The predicted molar refractivity (Wildman–Crippen MR) is 129 cm³/mol. The summed E-state index contributed by atoms with van der Waals surface area (Å²) in [6, 6.07) is 13.2. The Balaban J connectivity index is 0.00000280. The number of rotatable bonds is 6. The minimum atomic E-state index is 0. The van der Waals surface area contributed by atoms with Crippen molar-refractivity contribution in [3.8, 4) is 0 Å². The fraction of sp³-hybridized carbons (Fsp3) is 0.455. The van der Waals surface area contributed by atoms with E-state index in [-0.39, 0.29) is 24.0 Å². The lowest BCUT2D eigenvalue weighted by Crippen LogP contribution is -2.51. The Morgan fingerprint density at radius 1 is 1.25 bits per heavy atom. The number of aryl methyl sites for hydroxylation is 1. The van der Waals surface area contributed by atoms with Crippen LogP contribution in [0.4, 0.5) is 5.69 Å². The van der Waals surface area contributed by atoms with E-state index in [0.717, 1.165) is 38.6 Å². The predicted octanol–water partition coefficient (Wildman–Crippen LogP) is 3.77. The first-order valence-electron chi connectivity index (χ1n) is 10.0. The van der Waals surface area contributed by atoms with Gasteiger partial charge >= 0.3 is 0 Å². The van der Waals surface area contributed by atoms with Crippen molar-refractivity contribution in [2.45, 2.75) is 39.2 Å². The zero-order valence-electron chi connectivity index (χ0n) is 16.9. The molecular formula is C22H32IN5. The summed E-state index contributed by atoms with van der Waals surface area (Å²) in [6.07, 6.45) is 7.09. The minimum Gasteiger partial charge on any atom is -0.369 e. The Hall–Kier alpha value is -1.83. The van der Waals surface area contributed by atoms with Crippen molar-refractivity contribution in [2.24, 2.45) is 4.99 Å². The third-order valence-electron chi connectivity index (χ3n) is 5.02. The normalized spacial score (nSPS) is 17.0. The Morgan fingerprint density at radius 3 is 2.82 bits per heavy atom. The number of para-hydroxylation sites is 1. The number of nitrogens with zero attached hydrogens (tertiary/aromatic N) is 3. The molecule has 0 bridgehead atoms. The molecule has 0 spiro atoms. The number of aliphatic imine (C=N–C) groups is 1. The lowest BCUT2D eigenvalue weighted by atomic mass is 10.0. The third kappa shape index (κ3) is 6.65. The molecule has 0 amide bonds. The van der Waals surface area contributed by atoms with Gasteiger partial charge in [0.15, 0.2) is 5.96 Å². The summed E-state index contributed by atoms with van der Waals surface area (Å²) in [7, 11) is 0. The number of nitrogens with one attached hydrogen (secondary N) is 2. The van der Waals surface area contributed by atoms with Gasteiger partial charge in [-0.2, -0.15) is 0 Å². The highest BCUT2D eigenvalue weighted by atomic mass is 127. The van der Waals surface area contributed by atoms with Crippen LogP contribution in [0.3, 0.4) is 0 Å². The first-order valence-corrected chi connectivity index (χ1v) is 10.0. The number of benzene rings is 1. The fourth-order valence-electron chi connectivity index (χ4n) is 3.55. The van der Waals surface area contributed by atoms with Crippen LogP contribution >= 0.6 is 24.0 Å². The molecule has 1 unspecified atom stereocenters. The van der Waals surface area contributed by atoms with E-state index in [4.69, 9.17) is 4.99 Å². The van der Waals surface area contributed by atoms with Gasteiger partial charge in [0.1, 0.15) is 0 Å². The Bertz CT molecular complexity index is 735. The number of anilines is 1. The monoisotopic (exact) mass is 493 g/mol. The van der Waals surface area contributed by atoms with Gasteiger partial charge in [-0.15, -0.1) is 24.0 Å². The number of hydrogen-bond donors (Lipinski definition) is 2. The summed E-state index contributed by atoms with van der Waals surface area (Å²) < 4.78 is 0. The molecule has 0 aliphatic carbocycles. The van der Waals surface area contributed by atoms with Gasteiger partial charge in [-0.25, -0.2) is 0 Å². The van der Waals surface area contributed by atoms with E-state index in [9.17, 15) is 0 Å². The van der Waals surface area contributed by atoms with E-state index in [1.807, 2.05) is 12.4 Å². The minimum absolute atomic E-state index is 0. The van der Waals surface area contributed by atoms with Crippen molar-refractivity contribution < 1.29 is 0 Å². The molecule has 0 radical (unpaired) electrons. The molecular weight excluding hydrogens is 461 g/mol. The quantitative estimate of drug-likeness (QED) is 0.366. The maximum absolute atomic E-state index is 4.80. The summed E-state index contributed by atoms with van der Waals surface area (Å²) in [6.45, 7) is 8.00. The van der Waals surface area contributed by atoms with Gasteiger partial charge in [-0.3, -0.25) is 9.98 Å². The van der Waals surface area contributed by atoms with Crippen LogP contribution in [0.15, 0.2) is 53.8 Å². The Labute approximate surface area is 186 Å². The SMILES string of the molecule is CCNC(=NCCc1ccncc1C)NC1CCCN(c2ccccc2)C1.I. The zero-order chi connectivity index (χ0) is 18.9. The van der Waals surface area contributed by atoms with E-state index in [0.29, 0.717) is 6.04 Å². The molecule has 28 heavy (non-hydrogen) atoms. The standard InChI is InChI=1S/C22H31N5.HI/c1-3-24-22(25-14-12-19-11-13-23-16-18(19)2)26-20-8-7-15-27(17-20)21-9-5-4-6-10-21;/h4-6,9-11,13,16,20H,3,7-8,12,14-15,17H2,1-2H3,(H2,24,25,26);1H. The molecule has 2 N–H and O–H groups in total. The van der Waals surface area contributed by atoms with Crippen molar-refractivity contribution in [3.05, 3.63) is 59.9 Å². The third-order valence-corrected chi connectivity index (χ3v) is 5.02. The van der Waals surface area contributed by atoms with Gasteiger partial charge in [-0.05, 0) is 62.4 Å². The molecule has 1 aromatic carbocycles. The van der Waals surface area contributed by atoms with Crippen LogP contribution in [0, 0.1) is 6.92 Å². The second kappa shape index (κ2) is 11.9. The van der Waals surface area contributed by atoms with E-state index in [2.05, 4.69) is 70.8 Å². The van der Waals surface area contributed by atoms with E-state index in [1.54, 1.807) is 0 Å². The molecule has 1 saturated heterocycles. The number of hydrogen-bond acceptors (Lipinski definition) is 3. The Morgan fingerprint density at radius 2 is 2.07 bits per heavy atom. The molecule has 152 valence electrons. The van der Waals surface area contributed by atoms with Gasteiger partial charge in [0, 0.05) is 50.3 Å². The summed E-state index contributed by atoms with van der Waals surface area (Å²) in [5.41, 5.74) is 3.85. The van der Waals surface area contributed by atoms with Crippen molar-refractivity contribution in [3.63, 3.8) is 0 Å². The highest BCUT2D eigenvalue weighted by molar-refractivity contribution is 14.0.